The number of nitrogens with zero attached hydrogens (tertiary/aromatic N) is 5. The zero-order valence-corrected chi connectivity index (χ0v) is 20.8. The molecule has 0 aliphatic carbocycles. The first-order valence-electron chi connectivity index (χ1n) is 11.2. The number of fused-ring (bicyclic) bond motifs is 1. The molecule has 0 unspecified atom stereocenters. The van der Waals surface area contributed by atoms with Crippen molar-refractivity contribution in [1.29, 1.82) is 0 Å². The number of hydrazone groups is 1. The van der Waals surface area contributed by atoms with Crippen LogP contribution in [-0.4, -0.2) is 31.4 Å². The molecule has 14 heteroatoms. The molecular weight excluding hydrogens is 526 g/mol. The maximum atomic E-state index is 11.5. The number of thioether (sulfide) groups is 1. The van der Waals surface area contributed by atoms with Crippen LogP contribution in [0.15, 0.2) is 95.0 Å². The zero-order chi connectivity index (χ0) is 27.9. The van der Waals surface area contributed by atoms with Crippen LogP contribution in [0.5, 0.6) is 0 Å². The molecule has 13 nitrogen and oxygen atoms in total. The summed E-state index contributed by atoms with van der Waals surface area (Å²) in [4.78, 5) is 36.1. The molecule has 0 amide bonds. The highest BCUT2D eigenvalue weighted by molar-refractivity contribution is 8.14. The Morgan fingerprint density at radius 2 is 1.49 bits per heavy atom. The lowest BCUT2D eigenvalue weighted by molar-refractivity contribution is -0.393. The average Bonchev–Trinajstić information content (AvgIpc) is 2.93. The molecule has 196 valence electrons. The molecular formula is C25H19N7O6S. The van der Waals surface area contributed by atoms with E-state index < -0.39 is 26.1 Å². The molecule has 0 saturated heterocycles. The molecule has 3 N–H and O–H groups in total. The van der Waals surface area contributed by atoms with Crippen LogP contribution in [0.4, 0.5) is 28.4 Å². The normalized spacial score (nSPS) is 11.8. The van der Waals surface area contributed by atoms with Gasteiger partial charge in [-0.2, -0.15) is 5.10 Å². The summed E-state index contributed by atoms with van der Waals surface area (Å²) in [6.45, 7) is 0. The van der Waals surface area contributed by atoms with Crippen LogP contribution in [0.1, 0.15) is 5.56 Å². The van der Waals surface area contributed by atoms with E-state index in [9.17, 15) is 30.3 Å². The van der Waals surface area contributed by atoms with E-state index in [1.165, 1.54) is 30.3 Å². The number of hydrogen-bond acceptors (Lipinski definition) is 10. The second-order valence-corrected chi connectivity index (χ2v) is 8.92. The van der Waals surface area contributed by atoms with Gasteiger partial charge in [0.2, 0.25) is 0 Å². The molecule has 0 bridgehead atoms. The molecule has 4 aromatic rings. The molecule has 0 aliphatic heterocycles. The van der Waals surface area contributed by atoms with Crippen molar-refractivity contribution in [2.75, 3.05) is 11.2 Å². The minimum atomic E-state index is -0.764. The molecule has 0 aliphatic rings. The van der Waals surface area contributed by atoms with Gasteiger partial charge in [0.1, 0.15) is 5.69 Å². The van der Waals surface area contributed by atoms with E-state index >= 15 is 0 Å². The lowest BCUT2D eigenvalue weighted by Crippen LogP contribution is -2.14. The van der Waals surface area contributed by atoms with Crippen molar-refractivity contribution in [1.82, 2.24) is 0 Å². The zero-order valence-electron chi connectivity index (χ0n) is 20.0. The number of nitrogens with two attached hydrogens (primary N) is 1. The van der Waals surface area contributed by atoms with Crippen molar-refractivity contribution in [2.24, 2.45) is 15.8 Å². The fourth-order valence-electron chi connectivity index (χ4n) is 3.56. The van der Waals surface area contributed by atoms with Crippen molar-refractivity contribution in [3.05, 3.63) is 121 Å². The quantitative estimate of drug-likeness (QED) is 0.114. The summed E-state index contributed by atoms with van der Waals surface area (Å²) in [5, 5.41) is 40.0. The summed E-state index contributed by atoms with van der Waals surface area (Å²) in [6.07, 6.45) is 0. The minimum absolute atomic E-state index is 0.0765. The Labute approximate surface area is 224 Å². The summed E-state index contributed by atoms with van der Waals surface area (Å²) >= 11 is 1.15. The molecule has 4 rings (SSSR count). The second-order valence-electron chi connectivity index (χ2n) is 7.93. The standard InChI is InChI=1S/C25H19N7O6S/c26-25(27-21-7-3-5-16-4-1-2-6-20(16)21)39-15-23(17-8-10-18(11-9-17)30(33)34)29-28-22-13-12-19(31(35)36)14-24(22)32(37)38/h1-14,28H,15H2,(H2,26,27)/b29-23-. The van der Waals surface area contributed by atoms with Gasteiger partial charge in [-0.25, -0.2) is 4.99 Å². The Morgan fingerprint density at radius 1 is 0.821 bits per heavy atom. The maximum absolute atomic E-state index is 11.5. The first-order chi connectivity index (χ1) is 18.7. The highest BCUT2D eigenvalue weighted by atomic mass is 32.2. The predicted molar refractivity (Wildman–Crippen MR) is 151 cm³/mol. The molecule has 0 atom stereocenters. The van der Waals surface area contributed by atoms with Gasteiger partial charge in [-0.15, -0.1) is 0 Å². The molecule has 0 radical (unpaired) electrons. The number of nitrogens with one attached hydrogen (secondary N) is 1. The summed E-state index contributed by atoms with van der Waals surface area (Å²) in [5.41, 5.74) is 9.11. The molecule has 0 heterocycles. The van der Waals surface area contributed by atoms with Crippen molar-refractivity contribution in [3.63, 3.8) is 0 Å². The monoisotopic (exact) mass is 545 g/mol. The third kappa shape index (κ3) is 6.50. The number of non-ortho nitro benzene ring substituents is 2. The number of rotatable bonds is 9. The first-order valence-corrected chi connectivity index (χ1v) is 12.2. The highest BCUT2D eigenvalue weighted by Crippen LogP contribution is 2.30. The first kappa shape index (κ1) is 26.7. The van der Waals surface area contributed by atoms with E-state index in [0.717, 1.165) is 34.7 Å². The van der Waals surface area contributed by atoms with Crippen LogP contribution in [0.2, 0.25) is 0 Å². The van der Waals surface area contributed by atoms with Crippen LogP contribution >= 0.6 is 11.8 Å². The third-order valence-corrected chi connectivity index (χ3v) is 6.27. The van der Waals surface area contributed by atoms with Crippen LogP contribution in [-0.2, 0) is 0 Å². The van der Waals surface area contributed by atoms with E-state index in [2.05, 4.69) is 15.5 Å². The molecule has 0 fully saturated rings. The molecule has 0 spiro atoms. The summed E-state index contributed by atoms with van der Waals surface area (Å²) < 4.78 is 0. The Morgan fingerprint density at radius 3 is 2.18 bits per heavy atom. The summed E-state index contributed by atoms with van der Waals surface area (Å²) in [7, 11) is 0. The topological polar surface area (TPSA) is 192 Å². The van der Waals surface area contributed by atoms with Crippen molar-refractivity contribution in [3.8, 4) is 0 Å². The van der Waals surface area contributed by atoms with Crippen molar-refractivity contribution in [2.45, 2.75) is 0 Å². The highest BCUT2D eigenvalue weighted by Gasteiger charge is 2.20. The Bertz CT molecular complexity index is 1630. The summed E-state index contributed by atoms with van der Waals surface area (Å²) in [5.74, 6) is 0.145. The smallest absolute Gasteiger partial charge is 0.301 e. The maximum Gasteiger partial charge on any atom is 0.301 e. The largest absolute Gasteiger partial charge is 0.378 e. The van der Waals surface area contributed by atoms with Gasteiger partial charge in [-0.05, 0) is 35.2 Å². The van der Waals surface area contributed by atoms with Crippen LogP contribution in [0.25, 0.3) is 10.8 Å². The van der Waals surface area contributed by atoms with Gasteiger partial charge in [0.15, 0.2) is 5.17 Å². The molecule has 4 aromatic carbocycles. The van der Waals surface area contributed by atoms with E-state index in [4.69, 9.17) is 5.73 Å². The number of anilines is 1. The number of aliphatic imine (C=N–C) groups is 1. The van der Waals surface area contributed by atoms with Gasteiger partial charge in [-0.1, -0.05) is 48.2 Å². The number of amidine groups is 1. The van der Waals surface area contributed by atoms with E-state index in [-0.39, 0.29) is 22.3 Å². The van der Waals surface area contributed by atoms with Crippen LogP contribution in [0.3, 0.4) is 0 Å². The Hall–Kier alpha value is -5.37. The molecule has 0 saturated carbocycles. The van der Waals surface area contributed by atoms with Gasteiger partial charge in [0.05, 0.1) is 32.2 Å². The fourth-order valence-corrected chi connectivity index (χ4v) is 4.24. The van der Waals surface area contributed by atoms with Gasteiger partial charge < -0.3 is 5.73 Å². The van der Waals surface area contributed by atoms with E-state index in [0.29, 0.717) is 17.0 Å². The predicted octanol–water partition coefficient (Wildman–Crippen LogP) is 5.76. The lowest BCUT2D eigenvalue weighted by atomic mass is 10.1. The fraction of sp³-hybridized carbons (Fsp3) is 0.0400. The lowest BCUT2D eigenvalue weighted by Gasteiger charge is -2.09. The Kier molecular flexibility index (Phi) is 8.06. The van der Waals surface area contributed by atoms with E-state index in [1.54, 1.807) is 0 Å². The molecule has 39 heavy (non-hydrogen) atoms. The Balaban J connectivity index is 1.63. The van der Waals surface area contributed by atoms with Crippen molar-refractivity contribution >= 4 is 61.9 Å². The van der Waals surface area contributed by atoms with Gasteiger partial charge in [0, 0.05) is 29.3 Å². The summed E-state index contributed by atoms with van der Waals surface area (Å²) in [6, 6.07) is 22.1. The number of hydrogen-bond donors (Lipinski definition) is 2. The SMILES string of the molecule is NC(=Nc1cccc2ccccc12)SC/C(=N/Nc1ccc([N+](=O)[O-])cc1[N+](=O)[O-])c1ccc([N+](=O)[O-])cc1. The van der Waals surface area contributed by atoms with Crippen LogP contribution < -0.4 is 11.2 Å². The van der Waals surface area contributed by atoms with Gasteiger partial charge in [-0.3, -0.25) is 35.8 Å². The average molecular weight is 546 g/mol. The third-order valence-electron chi connectivity index (χ3n) is 5.47. The second kappa shape index (κ2) is 11.8. The molecule has 0 aromatic heterocycles. The van der Waals surface area contributed by atoms with Gasteiger partial charge in [0.25, 0.3) is 11.4 Å². The number of nitro groups is 3. The van der Waals surface area contributed by atoms with Crippen molar-refractivity contribution < 1.29 is 14.8 Å². The number of nitro benzene ring substituents is 3. The number of benzene rings is 4. The van der Waals surface area contributed by atoms with Crippen LogP contribution in [0, 0.1) is 30.3 Å². The van der Waals surface area contributed by atoms with Gasteiger partial charge >= 0.3 is 5.69 Å². The minimum Gasteiger partial charge on any atom is -0.378 e. The van der Waals surface area contributed by atoms with E-state index in [1.807, 2.05) is 42.5 Å².